The van der Waals surface area contributed by atoms with Crippen LogP contribution in [0.5, 0.6) is 0 Å². The molecule has 0 radical (unpaired) electrons. The highest BCUT2D eigenvalue weighted by Gasteiger charge is 2.28. The van der Waals surface area contributed by atoms with Crippen molar-refractivity contribution in [1.29, 1.82) is 0 Å². The molecule has 1 aliphatic rings. The monoisotopic (exact) mass is 432 g/mol. The van der Waals surface area contributed by atoms with Gasteiger partial charge in [0.25, 0.3) is 0 Å². The Hall–Kier alpha value is -1.98. The number of fused-ring (bicyclic) bond motifs is 1. The van der Waals surface area contributed by atoms with Gasteiger partial charge in [0.05, 0.1) is 16.2 Å². The number of nitrogens with zero attached hydrogens (tertiary/aromatic N) is 2. The van der Waals surface area contributed by atoms with Crippen LogP contribution in [0.3, 0.4) is 0 Å². The van der Waals surface area contributed by atoms with Crippen molar-refractivity contribution < 1.29 is 9.90 Å². The van der Waals surface area contributed by atoms with E-state index < -0.39 is 5.97 Å². The number of para-hydroxylation sites is 1. The largest absolute Gasteiger partial charge is 0.476 e. The van der Waals surface area contributed by atoms with Gasteiger partial charge in [0.2, 0.25) is 0 Å². The SMILES string of the molecule is O=C(O)c1c(N2CCCCC2)c2cc(Br)c(Cl)cc2n1-c1ccccc1. The number of hydrogen-bond donors (Lipinski definition) is 1. The van der Waals surface area contributed by atoms with Crippen LogP contribution in [0, 0.1) is 0 Å². The lowest BCUT2D eigenvalue weighted by Crippen LogP contribution is -2.30. The van der Waals surface area contributed by atoms with Crippen molar-refractivity contribution >= 4 is 50.1 Å². The zero-order valence-electron chi connectivity index (χ0n) is 14.1. The zero-order valence-corrected chi connectivity index (χ0v) is 16.4. The normalized spacial score (nSPS) is 14.8. The number of carboxylic acids is 1. The lowest BCUT2D eigenvalue weighted by Gasteiger charge is -2.29. The third-order valence-corrected chi connectivity index (χ3v) is 6.07. The quantitative estimate of drug-likeness (QED) is 0.573. The molecule has 4 nitrogen and oxygen atoms in total. The topological polar surface area (TPSA) is 45.5 Å². The summed E-state index contributed by atoms with van der Waals surface area (Å²) in [6.07, 6.45) is 3.34. The minimum Gasteiger partial charge on any atom is -0.476 e. The van der Waals surface area contributed by atoms with E-state index in [9.17, 15) is 9.90 Å². The van der Waals surface area contributed by atoms with Crippen LogP contribution in [0.4, 0.5) is 5.69 Å². The second kappa shape index (κ2) is 6.97. The highest BCUT2D eigenvalue weighted by Crippen LogP contribution is 2.41. The number of aromatic nitrogens is 1. The average molecular weight is 434 g/mol. The summed E-state index contributed by atoms with van der Waals surface area (Å²) in [4.78, 5) is 14.5. The molecule has 2 aromatic carbocycles. The van der Waals surface area contributed by atoms with Gasteiger partial charge in [-0.1, -0.05) is 29.8 Å². The summed E-state index contributed by atoms with van der Waals surface area (Å²) in [7, 11) is 0. The van der Waals surface area contributed by atoms with Crippen LogP contribution in [0.2, 0.25) is 5.02 Å². The molecule has 0 unspecified atom stereocenters. The maximum atomic E-state index is 12.3. The smallest absolute Gasteiger partial charge is 0.355 e. The number of hydrogen-bond acceptors (Lipinski definition) is 2. The van der Waals surface area contributed by atoms with E-state index in [4.69, 9.17) is 11.6 Å². The van der Waals surface area contributed by atoms with Crippen LogP contribution in [-0.2, 0) is 0 Å². The molecule has 0 bridgehead atoms. The first-order valence-electron chi connectivity index (χ1n) is 8.65. The van der Waals surface area contributed by atoms with Gasteiger partial charge in [0.15, 0.2) is 5.69 Å². The molecule has 0 aliphatic carbocycles. The molecule has 6 heteroatoms. The molecule has 1 fully saturated rings. The first-order chi connectivity index (χ1) is 12.6. The molecule has 2 heterocycles. The van der Waals surface area contributed by atoms with Crippen molar-refractivity contribution in [2.45, 2.75) is 19.3 Å². The van der Waals surface area contributed by atoms with Gasteiger partial charge in [-0.25, -0.2) is 4.79 Å². The highest BCUT2D eigenvalue weighted by molar-refractivity contribution is 9.10. The molecule has 0 atom stereocenters. The Kier molecular flexibility index (Phi) is 4.67. The van der Waals surface area contributed by atoms with Crippen molar-refractivity contribution in [3.63, 3.8) is 0 Å². The van der Waals surface area contributed by atoms with Gasteiger partial charge in [0, 0.05) is 28.6 Å². The van der Waals surface area contributed by atoms with Gasteiger partial charge >= 0.3 is 5.97 Å². The van der Waals surface area contributed by atoms with Crippen LogP contribution in [-0.4, -0.2) is 28.7 Å². The maximum absolute atomic E-state index is 12.3. The fourth-order valence-electron chi connectivity index (χ4n) is 3.74. The molecule has 1 N–H and O–H groups in total. The van der Waals surface area contributed by atoms with Gasteiger partial charge in [-0.2, -0.15) is 0 Å². The number of halogens is 2. The Labute approximate surface area is 165 Å². The standard InChI is InChI=1S/C20H18BrClN2O2/c21-15-11-14-17(12-16(15)22)24(13-7-3-1-4-8-13)19(20(25)26)18(14)23-9-5-2-6-10-23/h1,3-4,7-8,11-12H,2,5-6,9-10H2,(H,25,26). The number of aromatic carboxylic acids is 1. The molecule has 26 heavy (non-hydrogen) atoms. The summed E-state index contributed by atoms with van der Waals surface area (Å²) in [5.41, 5.74) is 2.70. The molecule has 3 aromatic rings. The van der Waals surface area contributed by atoms with Crippen LogP contribution in [0.15, 0.2) is 46.9 Å². The summed E-state index contributed by atoms with van der Waals surface area (Å²) in [6, 6.07) is 13.4. The molecule has 0 amide bonds. The molecule has 0 saturated carbocycles. The Morgan fingerprint density at radius 3 is 2.42 bits per heavy atom. The van der Waals surface area contributed by atoms with Crippen LogP contribution in [0.25, 0.3) is 16.6 Å². The van der Waals surface area contributed by atoms with Crippen molar-refractivity contribution in [2.75, 3.05) is 18.0 Å². The van der Waals surface area contributed by atoms with E-state index >= 15 is 0 Å². The fraction of sp³-hybridized carbons (Fsp3) is 0.250. The van der Waals surface area contributed by atoms with E-state index in [0.717, 1.165) is 52.7 Å². The van der Waals surface area contributed by atoms with E-state index in [-0.39, 0.29) is 0 Å². The van der Waals surface area contributed by atoms with Gasteiger partial charge in [-0.15, -0.1) is 0 Å². The predicted molar refractivity (Wildman–Crippen MR) is 109 cm³/mol. The molecule has 1 aromatic heterocycles. The number of anilines is 1. The Morgan fingerprint density at radius 1 is 1.08 bits per heavy atom. The van der Waals surface area contributed by atoms with Crippen LogP contribution in [0.1, 0.15) is 29.8 Å². The minimum atomic E-state index is -0.933. The molecule has 4 rings (SSSR count). The van der Waals surface area contributed by atoms with E-state index in [1.807, 2.05) is 42.5 Å². The number of carbonyl (C=O) groups is 1. The molecular formula is C20H18BrClN2O2. The van der Waals surface area contributed by atoms with E-state index in [1.54, 1.807) is 4.57 Å². The third-order valence-electron chi connectivity index (χ3n) is 4.87. The Morgan fingerprint density at radius 2 is 1.77 bits per heavy atom. The molecule has 134 valence electrons. The molecule has 1 saturated heterocycles. The van der Waals surface area contributed by atoms with Gasteiger partial charge < -0.3 is 14.6 Å². The number of benzene rings is 2. The fourth-order valence-corrected chi connectivity index (χ4v) is 4.25. The van der Waals surface area contributed by atoms with Crippen molar-refractivity contribution in [1.82, 2.24) is 4.57 Å². The third kappa shape index (κ3) is 2.89. The Bertz CT molecular complexity index is 979. The van der Waals surface area contributed by atoms with Gasteiger partial charge in [0.1, 0.15) is 0 Å². The van der Waals surface area contributed by atoms with Gasteiger partial charge in [-0.05, 0) is 59.5 Å². The maximum Gasteiger partial charge on any atom is 0.355 e. The first-order valence-corrected chi connectivity index (χ1v) is 9.82. The molecular weight excluding hydrogens is 416 g/mol. The van der Waals surface area contributed by atoms with Crippen molar-refractivity contribution in [3.8, 4) is 5.69 Å². The van der Waals surface area contributed by atoms with Crippen LogP contribution < -0.4 is 4.90 Å². The van der Waals surface area contributed by atoms with E-state index in [1.165, 1.54) is 6.42 Å². The zero-order chi connectivity index (χ0) is 18.3. The second-order valence-corrected chi connectivity index (χ2v) is 7.77. The summed E-state index contributed by atoms with van der Waals surface area (Å²) in [6.45, 7) is 1.74. The molecule has 1 aliphatic heterocycles. The lowest BCUT2D eigenvalue weighted by molar-refractivity contribution is 0.0689. The average Bonchev–Trinajstić information content (AvgIpc) is 2.98. The Balaban J connectivity index is 2.10. The number of piperidine rings is 1. The minimum absolute atomic E-state index is 0.294. The lowest BCUT2D eigenvalue weighted by atomic mass is 10.1. The summed E-state index contributed by atoms with van der Waals surface area (Å²) < 4.78 is 2.58. The molecule has 0 spiro atoms. The number of carboxylic acid groups (broad SMARTS) is 1. The summed E-state index contributed by atoms with van der Waals surface area (Å²) in [5.74, 6) is -0.933. The van der Waals surface area contributed by atoms with Gasteiger partial charge in [-0.3, -0.25) is 0 Å². The van der Waals surface area contributed by atoms with E-state index in [2.05, 4.69) is 20.8 Å². The second-order valence-electron chi connectivity index (χ2n) is 6.50. The van der Waals surface area contributed by atoms with Crippen LogP contribution >= 0.6 is 27.5 Å². The van der Waals surface area contributed by atoms with Crippen molar-refractivity contribution in [3.05, 3.63) is 57.7 Å². The summed E-state index contributed by atoms with van der Waals surface area (Å²) in [5, 5.41) is 11.6. The van der Waals surface area contributed by atoms with Crippen molar-refractivity contribution in [2.24, 2.45) is 0 Å². The summed E-state index contributed by atoms with van der Waals surface area (Å²) >= 11 is 9.85. The first kappa shape index (κ1) is 17.4. The number of rotatable bonds is 3. The highest BCUT2D eigenvalue weighted by atomic mass is 79.9. The predicted octanol–water partition coefficient (Wildman–Crippen LogP) is 5.73. The van der Waals surface area contributed by atoms with E-state index in [0.29, 0.717) is 10.7 Å².